The van der Waals surface area contributed by atoms with Gasteiger partial charge in [-0.1, -0.05) is 20.8 Å². The van der Waals surface area contributed by atoms with Crippen LogP contribution in [0.15, 0.2) is 0 Å². The van der Waals surface area contributed by atoms with E-state index in [1.807, 2.05) is 0 Å². The highest BCUT2D eigenvalue weighted by atomic mass is 16.5. The number of aliphatic hydroxyl groups is 1. The topological polar surface area (TPSA) is 32.7 Å². The average Bonchev–Trinajstić information content (AvgIpc) is 2.29. The first-order valence-corrected chi connectivity index (χ1v) is 6.85. The summed E-state index contributed by atoms with van der Waals surface area (Å²) in [5, 5.41) is 9.89. The Labute approximate surface area is 106 Å². The molecule has 0 bridgehead atoms. The fraction of sp³-hybridized carbons (Fsp3) is 1.00. The molecule has 0 heterocycles. The molecule has 3 nitrogen and oxygen atoms in total. The molecule has 0 amide bonds. The van der Waals surface area contributed by atoms with Crippen LogP contribution in [-0.4, -0.2) is 48.5 Å². The third-order valence-corrected chi connectivity index (χ3v) is 4.26. The van der Waals surface area contributed by atoms with E-state index in [2.05, 4.69) is 32.6 Å². The molecule has 0 aromatic rings. The van der Waals surface area contributed by atoms with E-state index in [0.29, 0.717) is 11.5 Å². The van der Waals surface area contributed by atoms with Gasteiger partial charge in [-0.05, 0) is 38.1 Å². The first-order chi connectivity index (χ1) is 7.90. The van der Waals surface area contributed by atoms with Crippen LogP contribution in [-0.2, 0) is 4.74 Å². The number of ether oxygens (including phenoxy) is 1. The van der Waals surface area contributed by atoms with E-state index in [0.717, 1.165) is 32.4 Å². The maximum Gasteiger partial charge on any atom is 0.0670 e. The van der Waals surface area contributed by atoms with E-state index in [9.17, 15) is 5.11 Å². The Kier molecular flexibility index (Phi) is 5.42. The van der Waals surface area contributed by atoms with Crippen molar-refractivity contribution in [1.29, 1.82) is 0 Å². The van der Waals surface area contributed by atoms with Crippen LogP contribution in [0.2, 0.25) is 0 Å². The lowest BCUT2D eigenvalue weighted by atomic mass is 9.71. The van der Waals surface area contributed by atoms with Gasteiger partial charge >= 0.3 is 0 Å². The Morgan fingerprint density at radius 2 is 2.12 bits per heavy atom. The fourth-order valence-corrected chi connectivity index (χ4v) is 2.92. The number of hydrogen-bond acceptors (Lipinski definition) is 3. The molecule has 17 heavy (non-hydrogen) atoms. The van der Waals surface area contributed by atoms with Crippen LogP contribution in [0.5, 0.6) is 0 Å². The molecule has 0 aromatic heterocycles. The van der Waals surface area contributed by atoms with E-state index in [1.54, 1.807) is 7.11 Å². The Balaban J connectivity index is 2.70. The molecule has 0 aromatic carbocycles. The molecule has 3 atom stereocenters. The van der Waals surface area contributed by atoms with Crippen molar-refractivity contribution in [3.8, 4) is 0 Å². The number of aliphatic hydroxyl groups excluding tert-OH is 1. The van der Waals surface area contributed by atoms with Crippen molar-refractivity contribution in [2.75, 3.05) is 20.2 Å². The van der Waals surface area contributed by atoms with Gasteiger partial charge in [-0.2, -0.15) is 0 Å². The fourth-order valence-electron chi connectivity index (χ4n) is 2.92. The highest BCUT2D eigenvalue weighted by Gasteiger charge is 2.39. The van der Waals surface area contributed by atoms with E-state index < -0.39 is 0 Å². The Morgan fingerprint density at radius 3 is 2.65 bits per heavy atom. The van der Waals surface area contributed by atoms with E-state index in [4.69, 9.17) is 4.74 Å². The first kappa shape index (κ1) is 14.9. The number of rotatable bonds is 5. The lowest BCUT2D eigenvalue weighted by Crippen LogP contribution is -2.52. The third kappa shape index (κ3) is 3.94. The Hall–Kier alpha value is -0.120. The van der Waals surface area contributed by atoms with Gasteiger partial charge in [0, 0.05) is 19.7 Å². The molecule has 0 radical (unpaired) electrons. The van der Waals surface area contributed by atoms with Gasteiger partial charge < -0.3 is 9.84 Å². The Bertz CT molecular complexity index is 230. The summed E-state index contributed by atoms with van der Waals surface area (Å²) in [7, 11) is 1.76. The predicted molar refractivity (Wildman–Crippen MR) is 71.1 cm³/mol. The molecule has 1 fully saturated rings. The van der Waals surface area contributed by atoms with Crippen LogP contribution >= 0.6 is 0 Å². The summed E-state index contributed by atoms with van der Waals surface area (Å²) in [4.78, 5) is 2.47. The van der Waals surface area contributed by atoms with Gasteiger partial charge in [0.2, 0.25) is 0 Å². The zero-order valence-electron chi connectivity index (χ0n) is 12.1. The second kappa shape index (κ2) is 6.17. The summed E-state index contributed by atoms with van der Waals surface area (Å²) < 4.78 is 5.36. The molecular formula is C14H29NO2. The van der Waals surface area contributed by atoms with Gasteiger partial charge in [0.15, 0.2) is 0 Å². The Morgan fingerprint density at radius 1 is 1.47 bits per heavy atom. The second-order valence-corrected chi connectivity index (χ2v) is 6.07. The molecule has 1 rings (SSSR count). The first-order valence-electron chi connectivity index (χ1n) is 6.85. The van der Waals surface area contributed by atoms with E-state index in [-0.39, 0.29) is 12.2 Å². The van der Waals surface area contributed by atoms with Gasteiger partial charge in [-0.25, -0.2) is 0 Å². The molecule has 0 saturated heterocycles. The van der Waals surface area contributed by atoms with Crippen LogP contribution in [0.3, 0.4) is 0 Å². The van der Waals surface area contributed by atoms with Crippen molar-refractivity contribution in [2.24, 2.45) is 5.41 Å². The minimum absolute atomic E-state index is 0.125. The summed E-state index contributed by atoms with van der Waals surface area (Å²) in [6.45, 7) is 10.9. The second-order valence-electron chi connectivity index (χ2n) is 6.07. The van der Waals surface area contributed by atoms with Crippen LogP contribution in [0.4, 0.5) is 0 Å². The van der Waals surface area contributed by atoms with E-state index in [1.165, 1.54) is 0 Å². The lowest BCUT2D eigenvalue weighted by Gasteiger charge is -2.47. The average molecular weight is 243 g/mol. The largest absolute Gasteiger partial charge is 0.393 e. The van der Waals surface area contributed by atoms with Gasteiger partial charge in [-0.15, -0.1) is 0 Å². The zero-order valence-corrected chi connectivity index (χ0v) is 12.1. The number of methoxy groups -OCH3 is 1. The molecule has 102 valence electrons. The van der Waals surface area contributed by atoms with Crippen molar-refractivity contribution in [1.82, 2.24) is 4.90 Å². The van der Waals surface area contributed by atoms with Crippen LogP contribution < -0.4 is 0 Å². The van der Waals surface area contributed by atoms with Gasteiger partial charge in [-0.3, -0.25) is 4.90 Å². The SMILES string of the molecule is CCN(CC(C)OC)C1CC(O)CCC1(C)C. The molecule has 0 spiro atoms. The number of likely N-dealkylation sites (N-methyl/N-ethyl adjacent to an activating group) is 1. The van der Waals surface area contributed by atoms with Gasteiger partial charge in [0.25, 0.3) is 0 Å². The minimum atomic E-state index is -0.125. The summed E-state index contributed by atoms with van der Waals surface area (Å²) in [5.74, 6) is 0. The molecule has 3 unspecified atom stereocenters. The van der Waals surface area contributed by atoms with Crippen molar-refractivity contribution in [3.05, 3.63) is 0 Å². The summed E-state index contributed by atoms with van der Waals surface area (Å²) in [6, 6.07) is 0.467. The molecule has 1 N–H and O–H groups in total. The summed E-state index contributed by atoms with van der Waals surface area (Å²) in [5.41, 5.74) is 0.294. The number of nitrogens with zero attached hydrogens (tertiary/aromatic N) is 1. The standard InChI is InChI=1S/C14H29NO2/c1-6-15(10-11(2)17-5)13-9-12(16)7-8-14(13,3)4/h11-13,16H,6-10H2,1-5H3. The maximum absolute atomic E-state index is 9.89. The normalized spacial score (nSPS) is 30.5. The van der Waals surface area contributed by atoms with Gasteiger partial charge in [0.05, 0.1) is 12.2 Å². The van der Waals surface area contributed by atoms with Crippen molar-refractivity contribution in [3.63, 3.8) is 0 Å². The predicted octanol–water partition coefficient (Wildman–Crippen LogP) is 2.28. The maximum atomic E-state index is 9.89. The highest BCUT2D eigenvalue weighted by Crippen LogP contribution is 2.38. The van der Waals surface area contributed by atoms with Crippen molar-refractivity contribution in [2.45, 2.75) is 65.2 Å². The summed E-state index contributed by atoms with van der Waals surface area (Å²) >= 11 is 0. The smallest absolute Gasteiger partial charge is 0.0670 e. The van der Waals surface area contributed by atoms with Crippen LogP contribution in [0.1, 0.15) is 47.0 Å². The zero-order chi connectivity index (χ0) is 13.1. The number of hydrogen-bond donors (Lipinski definition) is 1. The molecule has 3 heteroatoms. The highest BCUT2D eigenvalue weighted by molar-refractivity contribution is 4.92. The van der Waals surface area contributed by atoms with Crippen molar-refractivity contribution >= 4 is 0 Å². The van der Waals surface area contributed by atoms with Crippen LogP contribution in [0.25, 0.3) is 0 Å². The molecule has 1 aliphatic rings. The molecule has 1 saturated carbocycles. The monoisotopic (exact) mass is 243 g/mol. The molecule has 0 aliphatic heterocycles. The van der Waals surface area contributed by atoms with E-state index >= 15 is 0 Å². The quantitative estimate of drug-likeness (QED) is 0.804. The molecule has 1 aliphatic carbocycles. The summed E-state index contributed by atoms with van der Waals surface area (Å²) in [6.07, 6.45) is 3.08. The van der Waals surface area contributed by atoms with Crippen molar-refractivity contribution < 1.29 is 9.84 Å². The third-order valence-electron chi connectivity index (χ3n) is 4.26. The van der Waals surface area contributed by atoms with Crippen LogP contribution in [0, 0.1) is 5.41 Å². The van der Waals surface area contributed by atoms with Gasteiger partial charge in [0.1, 0.15) is 0 Å². The lowest BCUT2D eigenvalue weighted by molar-refractivity contribution is -0.0290. The molecular weight excluding hydrogens is 214 g/mol. The minimum Gasteiger partial charge on any atom is -0.393 e.